The van der Waals surface area contributed by atoms with Crippen molar-refractivity contribution >= 4 is 0 Å². The molecule has 0 saturated carbocycles. The summed E-state index contributed by atoms with van der Waals surface area (Å²) in [4.78, 5) is 5.13. The Labute approximate surface area is 84.2 Å². The van der Waals surface area contributed by atoms with Crippen LogP contribution >= 0.6 is 0 Å². The van der Waals surface area contributed by atoms with Gasteiger partial charge in [0.25, 0.3) is 0 Å². The number of hydrogen-bond donors (Lipinski definition) is 3. The summed E-state index contributed by atoms with van der Waals surface area (Å²) < 4.78 is 0. The summed E-state index contributed by atoms with van der Waals surface area (Å²) in [5.41, 5.74) is 1.11. The molecule has 0 bridgehead atoms. The average Bonchev–Trinajstić information content (AvgIpc) is 2.66. The molecule has 1 aromatic heterocycles. The third kappa shape index (κ3) is 3.14. The van der Waals surface area contributed by atoms with Crippen LogP contribution in [0, 0.1) is 0 Å². The van der Waals surface area contributed by atoms with Gasteiger partial charge in [-0.15, -0.1) is 0 Å². The van der Waals surface area contributed by atoms with Crippen molar-refractivity contribution in [3.8, 4) is 0 Å². The van der Waals surface area contributed by atoms with E-state index < -0.39 is 0 Å². The van der Waals surface area contributed by atoms with Crippen LogP contribution in [-0.4, -0.2) is 46.4 Å². The molecular formula is C10H18N2O2. The summed E-state index contributed by atoms with van der Waals surface area (Å²) in [7, 11) is 1.94. The van der Waals surface area contributed by atoms with Crippen molar-refractivity contribution in [2.75, 3.05) is 20.3 Å². The Bertz CT molecular complexity index is 236. The molecule has 0 fully saturated rings. The van der Waals surface area contributed by atoms with Crippen LogP contribution in [0.5, 0.6) is 0 Å². The van der Waals surface area contributed by atoms with E-state index in [1.165, 1.54) is 0 Å². The van der Waals surface area contributed by atoms with Gasteiger partial charge < -0.3 is 15.2 Å². The first-order valence-corrected chi connectivity index (χ1v) is 4.82. The van der Waals surface area contributed by atoms with Crippen LogP contribution < -0.4 is 0 Å². The number of aromatic nitrogens is 1. The maximum atomic E-state index is 9.09. The lowest BCUT2D eigenvalue weighted by atomic mass is 10.2. The highest BCUT2D eigenvalue weighted by atomic mass is 16.3. The van der Waals surface area contributed by atoms with E-state index in [2.05, 4.69) is 4.98 Å². The minimum absolute atomic E-state index is 0.0308. The maximum Gasteiger partial charge on any atom is 0.0587 e. The smallest absolute Gasteiger partial charge is 0.0587 e. The van der Waals surface area contributed by atoms with Crippen LogP contribution in [0.4, 0.5) is 0 Å². The molecule has 0 aromatic carbocycles. The molecular weight excluding hydrogens is 180 g/mol. The summed E-state index contributed by atoms with van der Waals surface area (Å²) in [6.45, 7) is 0.955. The summed E-state index contributed by atoms with van der Waals surface area (Å²) >= 11 is 0. The molecule has 1 rings (SSSR count). The monoisotopic (exact) mass is 198 g/mol. The number of aliphatic hydroxyl groups excluding tert-OH is 2. The van der Waals surface area contributed by atoms with Gasteiger partial charge in [0.05, 0.1) is 6.61 Å². The van der Waals surface area contributed by atoms with Gasteiger partial charge in [0.15, 0.2) is 0 Å². The fourth-order valence-corrected chi connectivity index (χ4v) is 1.46. The Morgan fingerprint density at radius 1 is 1.50 bits per heavy atom. The van der Waals surface area contributed by atoms with Gasteiger partial charge >= 0.3 is 0 Å². The van der Waals surface area contributed by atoms with Crippen LogP contribution in [0.25, 0.3) is 0 Å². The van der Waals surface area contributed by atoms with E-state index in [1.54, 1.807) is 0 Å². The first kappa shape index (κ1) is 11.2. The first-order chi connectivity index (χ1) is 6.77. The van der Waals surface area contributed by atoms with Crippen molar-refractivity contribution in [2.24, 2.45) is 0 Å². The van der Waals surface area contributed by atoms with Gasteiger partial charge in [-0.3, -0.25) is 4.90 Å². The molecule has 3 N–H and O–H groups in total. The van der Waals surface area contributed by atoms with Gasteiger partial charge in [0, 0.05) is 31.1 Å². The number of nitrogens with one attached hydrogen (secondary N) is 1. The molecule has 0 aliphatic rings. The van der Waals surface area contributed by atoms with E-state index in [0.717, 1.165) is 12.2 Å². The molecule has 0 aliphatic heterocycles. The molecule has 1 unspecified atom stereocenters. The van der Waals surface area contributed by atoms with Gasteiger partial charge in [-0.1, -0.05) is 0 Å². The number of rotatable bonds is 6. The van der Waals surface area contributed by atoms with E-state index in [9.17, 15) is 0 Å². The maximum absolute atomic E-state index is 9.09. The quantitative estimate of drug-likeness (QED) is 0.611. The molecule has 0 radical (unpaired) electrons. The molecule has 1 heterocycles. The fourth-order valence-electron chi connectivity index (χ4n) is 1.46. The zero-order valence-corrected chi connectivity index (χ0v) is 8.48. The van der Waals surface area contributed by atoms with Crippen molar-refractivity contribution in [1.29, 1.82) is 0 Å². The molecule has 80 valence electrons. The fraction of sp³-hybridized carbons (Fsp3) is 0.600. The molecule has 0 spiro atoms. The summed E-state index contributed by atoms with van der Waals surface area (Å²) in [5, 5.41) is 17.9. The summed E-state index contributed by atoms with van der Waals surface area (Å²) in [6.07, 6.45) is 2.48. The number of aliphatic hydroxyl groups is 2. The second kappa shape index (κ2) is 5.80. The van der Waals surface area contributed by atoms with E-state index in [0.29, 0.717) is 6.42 Å². The van der Waals surface area contributed by atoms with Crippen molar-refractivity contribution in [3.63, 3.8) is 0 Å². The zero-order chi connectivity index (χ0) is 10.4. The average molecular weight is 198 g/mol. The third-order valence-corrected chi connectivity index (χ3v) is 2.38. The standard InChI is InChI=1S/C10H18N2O2/c1-12(10(8-14)4-6-13)7-9-3-2-5-11-9/h2-3,5,10-11,13-14H,4,6-8H2,1H3. The number of likely N-dealkylation sites (N-methyl/N-ethyl adjacent to an activating group) is 1. The highest BCUT2D eigenvalue weighted by Gasteiger charge is 2.13. The van der Waals surface area contributed by atoms with E-state index in [1.807, 2.05) is 30.3 Å². The Hall–Kier alpha value is -0.840. The summed E-state index contributed by atoms with van der Waals surface area (Å²) in [6, 6.07) is 3.98. The van der Waals surface area contributed by atoms with Crippen molar-refractivity contribution in [3.05, 3.63) is 24.0 Å². The molecule has 0 saturated heterocycles. The molecule has 4 nitrogen and oxygen atoms in total. The van der Waals surface area contributed by atoms with Gasteiger partial charge in [0.1, 0.15) is 0 Å². The van der Waals surface area contributed by atoms with Crippen LogP contribution in [-0.2, 0) is 6.54 Å². The second-order valence-electron chi connectivity index (χ2n) is 3.46. The first-order valence-electron chi connectivity index (χ1n) is 4.82. The van der Waals surface area contributed by atoms with E-state index >= 15 is 0 Å². The van der Waals surface area contributed by atoms with Crippen LogP contribution in [0.15, 0.2) is 18.3 Å². The van der Waals surface area contributed by atoms with Gasteiger partial charge in [-0.05, 0) is 25.6 Å². The number of nitrogens with zero attached hydrogens (tertiary/aromatic N) is 1. The van der Waals surface area contributed by atoms with E-state index in [4.69, 9.17) is 10.2 Å². The predicted octanol–water partition coefficient (Wildman–Crippen LogP) is 0.190. The van der Waals surface area contributed by atoms with E-state index in [-0.39, 0.29) is 19.3 Å². The number of aromatic amines is 1. The van der Waals surface area contributed by atoms with Crippen LogP contribution in [0.2, 0.25) is 0 Å². The second-order valence-corrected chi connectivity index (χ2v) is 3.46. The SMILES string of the molecule is CN(Cc1ccc[nH]1)C(CO)CCO. The van der Waals surface area contributed by atoms with Gasteiger partial charge in [-0.2, -0.15) is 0 Å². The lowest BCUT2D eigenvalue weighted by molar-refractivity contribution is 0.114. The van der Waals surface area contributed by atoms with Crippen LogP contribution in [0.3, 0.4) is 0 Å². The Kier molecular flexibility index (Phi) is 4.65. The molecule has 1 aromatic rings. The highest BCUT2D eigenvalue weighted by Crippen LogP contribution is 2.06. The zero-order valence-electron chi connectivity index (χ0n) is 8.48. The van der Waals surface area contributed by atoms with Crippen LogP contribution in [0.1, 0.15) is 12.1 Å². The lowest BCUT2D eigenvalue weighted by Crippen LogP contribution is -2.35. The number of H-pyrrole nitrogens is 1. The molecule has 14 heavy (non-hydrogen) atoms. The minimum Gasteiger partial charge on any atom is -0.396 e. The Balaban J connectivity index is 2.43. The third-order valence-electron chi connectivity index (χ3n) is 2.38. The molecule has 0 aliphatic carbocycles. The number of hydrogen-bond acceptors (Lipinski definition) is 3. The van der Waals surface area contributed by atoms with Gasteiger partial charge in [0.2, 0.25) is 0 Å². The Morgan fingerprint density at radius 2 is 2.29 bits per heavy atom. The van der Waals surface area contributed by atoms with Crippen molar-refractivity contribution in [1.82, 2.24) is 9.88 Å². The highest BCUT2D eigenvalue weighted by molar-refractivity contribution is 5.03. The molecule has 1 atom stereocenters. The summed E-state index contributed by atoms with van der Waals surface area (Å²) in [5.74, 6) is 0. The largest absolute Gasteiger partial charge is 0.396 e. The predicted molar refractivity (Wildman–Crippen MR) is 54.8 cm³/mol. The Morgan fingerprint density at radius 3 is 2.79 bits per heavy atom. The normalized spacial score (nSPS) is 13.4. The van der Waals surface area contributed by atoms with Crippen molar-refractivity contribution < 1.29 is 10.2 Å². The minimum atomic E-state index is 0.0308. The lowest BCUT2D eigenvalue weighted by Gasteiger charge is -2.25. The molecule has 4 heteroatoms. The van der Waals surface area contributed by atoms with Gasteiger partial charge in [-0.25, -0.2) is 0 Å². The topological polar surface area (TPSA) is 59.5 Å². The van der Waals surface area contributed by atoms with Crippen molar-refractivity contribution in [2.45, 2.75) is 19.0 Å². The molecule has 0 amide bonds.